The van der Waals surface area contributed by atoms with Gasteiger partial charge in [-0.25, -0.2) is 9.98 Å². The van der Waals surface area contributed by atoms with Crippen molar-refractivity contribution in [3.05, 3.63) is 15.6 Å². The average Bonchev–Trinajstić information content (AvgIpc) is 2.85. The Morgan fingerprint density at radius 2 is 2.00 bits per heavy atom. The molecule has 1 aromatic rings. The van der Waals surface area contributed by atoms with Crippen LogP contribution in [-0.2, 0) is 6.54 Å². The zero-order chi connectivity index (χ0) is 16.7. The SMILES string of the molecule is CCNC(=NCc1nc(C)c(C)s1)NCCN1CCC(C)CC1.I. The van der Waals surface area contributed by atoms with Crippen molar-refractivity contribution in [1.29, 1.82) is 0 Å². The Morgan fingerprint density at radius 3 is 2.58 bits per heavy atom. The fourth-order valence-corrected chi connectivity index (χ4v) is 3.57. The summed E-state index contributed by atoms with van der Waals surface area (Å²) in [6, 6.07) is 0. The molecular weight excluding hydrogens is 433 g/mol. The van der Waals surface area contributed by atoms with Crippen molar-refractivity contribution in [3.8, 4) is 0 Å². The van der Waals surface area contributed by atoms with Gasteiger partial charge >= 0.3 is 0 Å². The summed E-state index contributed by atoms with van der Waals surface area (Å²) in [7, 11) is 0. The summed E-state index contributed by atoms with van der Waals surface area (Å²) in [6.07, 6.45) is 2.66. The number of aromatic nitrogens is 1. The highest BCUT2D eigenvalue weighted by Crippen LogP contribution is 2.17. The topological polar surface area (TPSA) is 52.6 Å². The summed E-state index contributed by atoms with van der Waals surface area (Å²) in [5.41, 5.74) is 1.12. The molecule has 0 radical (unpaired) electrons. The average molecular weight is 465 g/mol. The molecule has 138 valence electrons. The number of halogens is 1. The molecule has 2 heterocycles. The van der Waals surface area contributed by atoms with Crippen LogP contribution in [0.4, 0.5) is 0 Å². The predicted octanol–water partition coefficient (Wildman–Crippen LogP) is 3.16. The molecule has 0 aliphatic carbocycles. The van der Waals surface area contributed by atoms with Gasteiger partial charge in [0, 0.05) is 24.5 Å². The Kier molecular flexibility index (Phi) is 10.1. The minimum Gasteiger partial charge on any atom is -0.357 e. The Balaban J connectivity index is 0.00000288. The van der Waals surface area contributed by atoms with E-state index < -0.39 is 0 Å². The van der Waals surface area contributed by atoms with Gasteiger partial charge in [0.15, 0.2) is 5.96 Å². The number of aliphatic imine (C=N–C) groups is 1. The van der Waals surface area contributed by atoms with E-state index in [0.717, 1.165) is 42.2 Å². The first kappa shape index (κ1) is 21.6. The zero-order valence-corrected chi connectivity index (χ0v) is 18.5. The smallest absolute Gasteiger partial charge is 0.191 e. The Hall–Kier alpha value is -0.410. The van der Waals surface area contributed by atoms with Crippen LogP contribution in [-0.4, -0.2) is 48.6 Å². The van der Waals surface area contributed by atoms with Gasteiger partial charge < -0.3 is 15.5 Å². The van der Waals surface area contributed by atoms with E-state index in [0.29, 0.717) is 6.54 Å². The van der Waals surface area contributed by atoms with Gasteiger partial charge in [-0.15, -0.1) is 35.3 Å². The van der Waals surface area contributed by atoms with E-state index in [9.17, 15) is 0 Å². The van der Waals surface area contributed by atoms with Gasteiger partial charge in [0.1, 0.15) is 5.01 Å². The lowest BCUT2D eigenvalue weighted by Crippen LogP contribution is -2.43. The van der Waals surface area contributed by atoms with E-state index in [1.54, 1.807) is 11.3 Å². The van der Waals surface area contributed by atoms with Gasteiger partial charge in [-0.05, 0) is 52.6 Å². The molecule has 1 fully saturated rings. The number of hydrogen-bond acceptors (Lipinski definition) is 4. The number of rotatable bonds is 6. The molecule has 0 bridgehead atoms. The fraction of sp³-hybridized carbons (Fsp3) is 0.765. The lowest BCUT2D eigenvalue weighted by Gasteiger charge is -2.30. The van der Waals surface area contributed by atoms with E-state index >= 15 is 0 Å². The van der Waals surface area contributed by atoms with Crippen molar-refractivity contribution in [2.75, 3.05) is 32.7 Å². The van der Waals surface area contributed by atoms with Crippen LogP contribution in [0, 0.1) is 19.8 Å². The highest BCUT2D eigenvalue weighted by Gasteiger charge is 2.14. The summed E-state index contributed by atoms with van der Waals surface area (Å²) in [4.78, 5) is 13.0. The first-order valence-electron chi connectivity index (χ1n) is 8.76. The predicted molar refractivity (Wildman–Crippen MR) is 115 cm³/mol. The van der Waals surface area contributed by atoms with Crippen molar-refractivity contribution in [3.63, 3.8) is 0 Å². The lowest BCUT2D eigenvalue weighted by atomic mass is 9.99. The molecule has 5 nitrogen and oxygen atoms in total. The first-order valence-corrected chi connectivity index (χ1v) is 9.57. The Morgan fingerprint density at radius 1 is 1.29 bits per heavy atom. The standard InChI is InChI=1S/C17H31N5S.HI/c1-5-18-17(20-12-16-21-14(3)15(4)23-16)19-8-11-22-9-6-13(2)7-10-22;/h13H,5-12H2,1-4H3,(H2,18,19,20);1H. The molecule has 0 amide bonds. The molecular formula is C17H32IN5S. The van der Waals surface area contributed by atoms with Crippen LogP contribution in [0.1, 0.15) is 42.3 Å². The molecule has 0 saturated carbocycles. The number of nitrogens with zero attached hydrogens (tertiary/aromatic N) is 3. The van der Waals surface area contributed by atoms with Crippen LogP contribution in [0.15, 0.2) is 4.99 Å². The third kappa shape index (κ3) is 7.23. The molecule has 2 N–H and O–H groups in total. The van der Waals surface area contributed by atoms with Gasteiger partial charge in [-0.2, -0.15) is 0 Å². The molecule has 2 rings (SSSR count). The van der Waals surface area contributed by atoms with Crippen LogP contribution in [0.5, 0.6) is 0 Å². The van der Waals surface area contributed by atoms with E-state index in [2.05, 4.69) is 53.2 Å². The van der Waals surface area contributed by atoms with Gasteiger partial charge in [-0.3, -0.25) is 0 Å². The monoisotopic (exact) mass is 465 g/mol. The van der Waals surface area contributed by atoms with Gasteiger partial charge in [0.25, 0.3) is 0 Å². The third-order valence-corrected chi connectivity index (χ3v) is 5.44. The molecule has 7 heteroatoms. The largest absolute Gasteiger partial charge is 0.357 e. The molecule has 24 heavy (non-hydrogen) atoms. The molecule has 0 spiro atoms. The van der Waals surface area contributed by atoms with Gasteiger partial charge in [0.05, 0.1) is 12.2 Å². The number of likely N-dealkylation sites (tertiary alicyclic amines) is 1. The molecule has 1 aromatic heterocycles. The van der Waals surface area contributed by atoms with Gasteiger partial charge in [0.2, 0.25) is 0 Å². The number of piperidine rings is 1. The Bertz CT molecular complexity index is 490. The molecule has 1 aliphatic rings. The summed E-state index contributed by atoms with van der Waals surface area (Å²) < 4.78 is 0. The molecule has 1 aliphatic heterocycles. The van der Waals surface area contributed by atoms with E-state index in [4.69, 9.17) is 0 Å². The summed E-state index contributed by atoms with van der Waals surface area (Å²) in [5.74, 6) is 1.78. The molecule has 0 atom stereocenters. The van der Waals surface area contributed by atoms with Crippen molar-refractivity contribution in [1.82, 2.24) is 20.5 Å². The summed E-state index contributed by atoms with van der Waals surface area (Å²) in [6.45, 7) is 14.6. The third-order valence-electron chi connectivity index (χ3n) is 4.39. The number of thiazole rings is 1. The maximum absolute atomic E-state index is 4.66. The van der Waals surface area contributed by atoms with Gasteiger partial charge in [-0.1, -0.05) is 6.92 Å². The normalized spacial score (nSPS) is 16.8. The molecule has 0 aromatic carbocycles. The number of hydrogen-bond donors (Lipinski definition) is 2. The number of nitrogens with one attached hydrogen (secondary N) is 2. The van der Waals surface area contributed by atoms with Crippen molar-refractivity contribution >= 4 is 41.3 Å². The zero-order valence-electron chi connectivity index (χ0n) is 15.4. The van der Waals surface area contributed by atoms with Crippen molar-refractivity contribution < 1.29 is 0 Å². The molecule has 0 unspecified atom stereocenters. The van der Waals surface area contributed by atoms with E-state index in [1.807, 2.05) is 0 Å². The lowest BCUT2D eigenvalue weighted by molar-refractivity contribution is 0.195. The fourth-order valence-electron chi connectivity index (χ4n) is 2.71. The second-order valence-electron chi connectivity index (χ2n) is 6.40. The first-order chi connectivity index (χ1) is 11.1. The minimum atomic E-state index is 0. The molecule has 1 saturated heterocycles. The quantitative estimate of drug-likeness (QED) is 0.385. The van der Waals surface area contributed by atoms with Crippen LogP contribution in [0.2, 0.25) is 0 Å². The van der Waals surface area contributed by atoms with Crippen LogP contribution in [0.3, 0.4) is 0 Å². The number of guanidine groups is 1. The Labute approximate surface area is 167 Å². The second-order valence-corrected chi connectivity index (χ2v) is 7.68. The summed E-state index contributed by atoms with van der Waals surface area (Å²) in [5, 5.41) is 7.85. The second kappa shape index (κ2) is 11.3. The van der Waals surface area contributed by atoms with Crippen LogP contribution in [0.25, 0.3) is 0 Å². The van der Waals surface area contributed by atoms with Crippen molar-refractivity contribution in [2.24, 2.45) is 10.9 Å². The maximum atomic E-state index is 4.66. The van der Waals surface area contributed by atoms with Crippen LogP contribution >= 0.6 is 35.3 Å². The van der Waals surface area contributed by atoms with Crippen LogP contribution < -0.4 is 10.6 Å². The maximum Gasteiger partial charge on any atom is 0.191 e. The van der Waals surface area contributed by atoms with E-state index in [1.165, 1.54) is 30.8 Å². The van der Waals surface area contributed by atoms with Crippen molar-refractivity contribution in [2.45, 2.75) is 47.1 Å². The van der Waals surface area contributed by atoms with E-state index in [-0.39, 0.29) is 24.0 Å². The summed E-state index contributed by atoms with van der Waals surface area (Å²) >= 11 is 1.74. The minimum absolute atomic E-state index is 0. The highest BCUT2D eigenvalue weighted by atomic mass is 127. The number of aryl methyl sites for hydroxylation is 2. The highest BCUT2D eigenvalue weighted by molar-refractivity contribution is 14.0.